The van der Waals surface area contributed by atoms with Gasteiger partial charge in [0.05, 0.1) is 43.1 Å². The summed E-state index contributed by atoms with van der Waals surface area (Å²) < 4.78 is 36.4. The molecule has 3 N–H and O–H groups in total. The lowest BCUT2D eigenvalue weighted by Crippen LogP contribution is -2.50. The van der Waals surface area contributed by atoms with Crippen molar-refractivity contribution in [3.05, 3.63) is 41.5 Å². The number of ether oxygens (including phenoxy) is 2. The van der Waals surface area contributed by atoms with Gasteiger partial charge in [0.15, 0.2) is 0 Å². The minimum absolute atomic E-state index is 0.133. The van der Waals surface area contributed by atoms with Gasteiger partial charge in [-0.25, -0.2) is 18.1 Å². The summed E-state index contributed by atoms with van der Waals surface area (Å²) in [6.07, 6.45) is 1.16. The number of benzene rings is 2. The average molecular weight is 519 g/mol. The number of nitrogens with zero attached hydrogens (tertiary/aromatic N) is 1. The fourth-order valence-corrected chi connectivity index (χ4v) is 4.36. The molecule has 1 fully saturated rings. The summed E-state index contributed by atoms with van der Waals surface area (Å²) in [6.45, 7) is 6.07. The first-order chi connectivity index (χ1) is 16.7. The number of urea groups is 1. The number of carbonyl (C=O) groups excluding carboxylic acids is 3. The number of anilines is 3. The van der Waals surface area contributed by atoms with Gasteiger partial charge in [-0.05, 0) is 29.7 Å². The van der Waals surface area contributed by atoms with E-state index in [1.54, 1.807) is 6.07 Å². The zero-order valence-electron chi connectivity index (χ0n) is 21.0. The molecule has 2 aromatic rings. The highest BCUT2D eigenvalue weighted by Gasteiger charge is 2.31. The second-order valence-corrected chi connectivity index (χ2v) is 11.0. The summed E-state index contributed by atoms with van der Waals surface area (Å²) in [7, 11) is -0.703. The molecular weight excluding hydrogens is 488 g/mol. The Bertz CT molecular complexity index is 1300. The van der Waals surface area contributed by atoms with E-state index in [0.717, 1.165) is 11.2 Å². The Morgan fingerprint density at radius 3 is 2.33 bits per heavy atom. The Morgan fingerprint density at radius 1 is 1.08 bits per heavy atom. The number of carbonyl (C=O) groups is 3. The normalized spacial score (nSPS) is 14.2. The highest BCUT2D eigenvalue weighted by atomic mass is 32.2. The number of methoxy groups -OCH3 is 2. The van der Waals surface area contributed by atoms with E-state index in [1.165, 1.54) is 38.5 Å². The molecule has 194 valence electrons. The number of hydrogen-bond acceptors (Lipinski definition) is 7. The molecule has 0 saturated carbocycles. The van der Waals surface area contributed by atoms with Crippen molar-refractivity contribution >= 4 is 44.9 Å². The topological polar surface area (TPSA) is 143 Å². The van der Waals surface area contributed by atoms with E-state index in [0.29, 0.717) is 11.3 Å². The number of sulfonamides is 1. The zero-order chi connectivity index (χ0) is 26.8. The molecule has 0 radical (unpaired) electrons. The zero-order valence-corrected chi connectivity index (χ0v) is 21.8. The van der Waals surface area contributed by atoms with E-state index >= 15 is 0 Å². The Balaban J connectivity index is 2.08. The van der Waals surface area contributed by atoms with Gasteiger partial charge in [0.25, 0.3) is 5.91 Å². The lowest BCUT2D eigenvalue weighted by Gasteiger charge is -2.30. The van der Waals surface area contributed by atoms with Gasteiger partial charge in [-0.1, -0.05) is 20.8 Å². The number of rotatable bonds is 7. The van der Waals surface area contributed by atoms with E-state index < -0.39 is 27.4 Å². The molecule has 0 atom stereocenters. The van der Waals surface area contributed by atoms with Gasteiger partial charge in [0.1, 0.15) is 11.5 Å². The van der Waals surface area contributed by atoms with Gasteiger partial charge >= 0.3 is 6.03 Å². The molecule has 0 aliphatic carbocycles. The third-order valence-corrected chi connectivity index (χ3v) is 6.02. The van der Waals surface area contributed by atoms with Gasteiger partial charge < -0.3 is 20.1 Å². The van der Waals surface area contributed by atoms with Crippen molar-refractivity contribution in [2.75, 3.05) is 42.0 Å². The second kappa shape index (κ2) is 10.1. The molecule has 1 heterocycles. The fraction of sp³-hybridized carbons (Fsp3) is 0.375. The highest BCUT2D eigenvalue weighted by molar-refractivity contribution is 7.92. The number of amides is 4. The SMILES string of the molecule is COc1cc(NS(C)(=O)=O)ccc1C(=O)Nc1cc(N2C(=O)CCNC2=O)cc(C(C)(C)C)c1OC. The highest BCUT2D eigenvalue weighted by Crippen LogP contribution is 2.41. The Hall–Kier alpha value is -3.80. The van der Waals surface area contributed by atoms with Crippen LogP contribution in [0.5, 0.6) is 11.5 Å². The quantitative estimate of drug-likeness (QED) is 0.511. The molecule has 1 aliphatic rings. The predicted molar refractivity (Wildman–Crippen MR) is 137 cm³/mol. The maximum atomic E-state index is 13.3. The molecule has 2 aromatic carbocycles. The van der Waals surface area contributed by atoms with Gasteiger partial charge in [-0.3, -0.25) is 14.3 Å². The van der Waals surface area contributed by atoms with Crippen molar-refractivity contribution < 1.29 is 32.3 Å². The summed E-state index contributed by atoms with van der Waals surface area (Å²) in [5.74, 6) is -0.420. The van der Waals surface area contributed by atoms with Crippen LogP contribution in [0.1, 0.15) is 43.1 Å². The first kappa shape index (κ1) is 26.8. The summed E-state index contributed by atoms with van der Waals surface area (Å²) in [4.78, 5) is 39.4. The lowest BCUT2D eigenvalue weighted by atomic mass is 9.85. The van der Waals surface area contributed by atoms with Crippen molar-refractivity contribution in [2.45, 2.75) is 32.6 Å². The van der Waals surface area contributed by atoms with Crippen LogP contribution in [0, 0.1) is 0 Å². The second-order valence-electron chi connectivity index (χ2n) is 9.28. The van der Waals surface area contributed by atoms with Crippen LogP contribution in [0.2, 0.25) is 0 Å². The molecule has 11 nitrogen and oxygen atoms in total. The van der Waals surface area contributed by atoms with Gasteiger partial charge in [-0.15, -0.1) is 0 Å². The molecule has 0 unspecified atom stereocenters. The molecule has 36 heavy (non-hydrogen) atoms. The van der Waals surface area contributed by atoms with Crippen LogP contribution >= 0.6 is 0 Å². The van der Waals surface area contributed by atoms with Gasteiger partial charge in [0, 0.05) is 24.6 Å². The van der Waals surface area contributed by atoms with Crippen LogP contribution in [0.15, 0.2) is 30.3 Å². The van der Waals surface area contributed by atoms with E-state index in [4.69, 9.17) is 9.47 Å². The van der Waals surface area contributed by atoms with Crippen molar-refractivity contribution in [2.24, 2.45) is 0 Å². The standard InChI is InChI=1S/C24H30N4O7S/c1-24(2,3)17-12-15(28-20(29)9-10-25-23(28)31)13-18(21(17)35-5)26-22(30)16-8-7-14(11-19(16)34-4)27-36(6,32)33/h7-8,11-13,27H,9-10H2,1-6H3,(H,25,31)(H,26,30). The Morgan fingerprint density at radius 2 is 1.78 bits per heavy atom. The smallest absolute Gasteiger partial charge is 0.328 e. The average Bonchev–Trinajstić information content (AvgIpc) is 2.76. The molecule has 4 amide bonds. The van der Waals surface area contributed by atoms with Crippen molar-refractivity contribution in [1.82, 2.24) is 5.32 Å². The van der Waals surface area contributed by atoms with E-state index in [9.17, 15) is 22.8 Å². The van der Waals surface area contributed by atoms with Crippen LogP contribution in [-0.4, -0.2) is 53.3 Å². The molecule has 0 aromatic heterocycles. The molecule has 1 aliphatic heterocycles. The fourth-order valence-electron chi connectivity index (χ4n) is 3.80. The van der Waals surface area contributed by atoms with Crippen molar-refractivity contribution in [1.29, 1.82) is 0 Å². The van der Waals surface area contributed by atoms with E-state index in [-0.39, 0.29) is 47.2 Å². The monoisotopic (exact) mass is 518 g/mol. The first-order valence-corrected chi connectivity index (χ1v) is 12.9. The summed E-state index contributed by atoms with van der Waals surface area (Å²) >= 11 is 0. The third kappa shape index (κ3) is 5.88. The predicted octanol–water partition coefficient (Wildman–Crippen LogP) is 3.07. The Kier molecular flexibility index (Phi) is 7.48. The molecule has 12 heteroatoms. The maximum absolute atomic E-state index is 13.3. The first-order valence-electron chi connectivity index (χ1n) is 11.1. The summed E-state index contributed by atoms with van der Waals surface area (Å²) in [6, 6.07) is 6.89. The number of nitrogens with one attached hydrogen (secondary N) is 3. The molecule has 0 bridgehead atoms. The Labute approximate surface area is 210 Å². The van der Waals surface area contributed by atoms with Crippen LogP contribution in [0.25, 0.3) is 0 Å². The van der Waals surface area contributed by atoms with Crippen LogP contribution < -0.4 is 29.7 Å². The van der Waals surface area contributed by atoms with E-state index in [2.05, 4.69) is 15.4 Å². The van der Waals surface area contributed by atoms with E-state index in [1.807, 2.05) is 20.8 Å². The largest absolute Gasteiger partial charge is 0.496 e. The number of imide groups is 1. The molecule has 0 spiro atoms. The minimum Gasteiger partial charge on any atom is -0.496 e. The van der Waals surface area contributed by atoms with Gasteiger partial charge in [-0.2, -0.15) is 0 Å². The molecular formula is C24H30N4O7S. The molecule has 3 rings (SSSR count). The number of hydrogen-bond donors (Lipinski definition) is 3. The van der Waals surface area contributed by atoms with Gasteiger partial charge in [0.2, 0.25) is 15.9 Å². The summed E-state index contributed by atoms with van der Waals surface area (Å²) in [5, 5.41) is 5.44. The summed E-state index contributed by atoms with van der Waals surface area (Å²) in [5.41, 5.74) is 1.11. The third-order valence-electron chi connectivity index (χ3n) is 5.41. The minimum atomic E-state index is -3.52. The van der Waals surface area contributed by atoms with Crippen molar-refractivity contribution in [3.63, 3.8) is 0 Å². The van der Waals surface area contributed by atoms with Crippen molar-refractivity contribution in [3.8, 4) is 11.5 Å². The van der Waals surface area contributed by atoms with Crippen LogP contribution in [-0.2, 0) is 20.2 Å². The molecule has 1 saturated heterocycles. The lowest BCUT2D eigenvalue weighted by molar-refractivity contribution is -0.118. The van der Waals surface area contributed by atoms with Crippen LogP contribution in [0.4, 0.5) is 21.9 Å². The maximum Gasteiger partial charge on any atom is 0.328 e. The van der Waals surface area contributed by atoms with Crippen LogP contribution in [0.3, 0.4) is 0 Å².